The topological polar surface area (TPSA) is 54.0 Å². The normalized spacial score (nSPS) is 10.3. The summed E-state index contributed by atoms with van der Waals surface area (Å²) in [6.07, 6.45) is 1.02. The third-order valence-electron chi connectivity index (χ3n) is 2.72. The van der Waals surface area contributed by atoms with E-state index in [1.807, 2.05) is 25.1 Å². The van der Waals surface area contributed by atoms with Gasteiger partial charge >= 0.3 is 0 Å². The minimum atomic E-state index is -0.464. The lowest BCUT2D eigenvalue weighted by Gasteiger charge is -2.07. The molecule has 1 aromatic carbocycles. The van der Waals surface area contributed by atoms with Crippen LogP contribution in [0.15, 0.2) is 42.6 Å². The van der Waals surface area contributed by atoms with Gasteiger partial charge in [-0.1, -0.05) is 19.1 Å². The van der Waals surface area contributed by atoms with Gasteiger partial charge in [0.25, 0.3) is 5.91 Å². The number of rotatable bonds is 5. The van der Waals surface area contributed by atoms with Gasteiger partial charge in [0.15, 0.2) is 0 Å². The lowest BCUT2D eigenvalue weighted by atomic mass is 10.2. The van der Waals surface area contributed by atoms with Gasteiger partial charge in [0, 0.05) is 12.2 Å². The molecule has 4 nitrogen and oxygen atoms in total. The quantitative estimate of drug-likeness (QED) is 0.880. The first-order valence-electron chi connectivity index (χ1n) is 6.41. The maximum Gasteiger partial charge on any atom is 0.274 e. The van der Waals surface area contributed by atoms with Crippen molar-refractivity contribution in [2.24, 2.45) is 0 Å². The number of pyridine rings is 1. The van der Waals surface area contributed by atoms with Gasteiger partial charge < -0.3 is 10.6 Å². The van der Waals surface area contributed by atoms with E-state index in [0.717, 1.165) is 24.8 Å². The average Bonchev–Trinajstić information content (AvgIpc) is 2.46. The molecule has 0 saturated heterocycles. The zero-order chi connectivity index (χ0) is 14.4. The molecule has 0 bridgehead atoms. The van der Waals surface area contributed by atoms with E-state index in [4.69, 9.17) is 0 Å². The fourth-order valence-electron chi connectivity index (χ4n) is 1.73. The van der Waals surface area contributed by atoms with Crippen molar-refractivity contribution >= 4 is 11.6 Å². The van der Waals surface area contributed by atoms with Crippen molar-refractivity contribution in [2.45, 2.75) is 13.5 Å². The molecule has 2 N–H and O–H groups in total. The van der Waals surface area contributed by atoms with E-state index in [9.17, 15) is 9.18 Å². The molecule has 2 rings (SSSR count). The van der Waals surface area contributed by atoms with Crippen molar-refractivity contribution < 1.29 is 9.18 Å². The summed E-state index contributed by atoms with van der Waals surface area (Å²) >= 11 is 0. The highest BCUT2D eigenvalue weighted by Gasteiger charge is 2.07. The van der Waals surface area contributed by atoms with Gasteiger partial charge in [0.2, 0.25) is 0 Å². The second kappa shape index (κ2) is 6.77. The summed E-state index contributed by atoms with van der Waals surface area (Å²) in [5.41, 5.74) is 1.96. The molecule has 0 spiro atoms. The Morgan fingerprint density at radius 2 is 2.15 bits per heavy atom. The fraction of sp³-hybridized carbons (Fsp3) is 0.200. The first-order valence-corrected chi connectivity index (χ1v) is 6.41. The molecule has 20 heavy (non-hydrogen) atoms. The molecule has 0 aliphatic carbocycles. The summed E-state index contributed by atoms with van der Waals surface area (Å²) in [4.78, 5) is 15.7. The third-order valence-corrected chi connectivity index (χ3v) is 2.72. The Hall–Kier alpha value is -2.27. The Labute approximate surface area is 117 Å². The van der Waals surface area contributed by atoms with Crippen LogP contribution in [0.3, 0.4) is 0 Å². The minimum Gasteiger partial charge on any atom is -0.321 e. The largest absolute Gasteiger partial charge is 0.321 e. The van der Waals surface area contributed by atoms with E-state index < -0.39 is 5.82 Å². The molecule has 0 unspecified atom stereocenters. The molecule has 5 heteroatoms. The van der Waals surface area contributed by atoms with Crippen molar-refractivity contribution in [3.63, 3.8) is 0 Å². The molecule has 104 valence electrons. The number of hydrogen-bond donors (Lipinski definition) is 2. The number of carbonyl (C=O) groups is 1. The summed E-state index contributed by atoms with van der Waals surface area (Å²) < 4.78 is 12.7. The van der Waals surface area contributed by atoms with E-state index in [0.29, 0.717) is 5.69 Å². The molecule has 1 heterocycles. The van der Waals surface area contributed by atoms with Crippen LogP contribution in [0, 0.1) is 5.82 Å². The number of anilines is 1. The average molecular weight is 273 g/mol. The van der Waals surface area contributed by atoms with Crippen molar-refractivity contribution in [3.05, 3.63) is 59.7 Å². The first-order chi connectivity index (χ1) is 9.69. The molecule has 2 aromatic rings. The van der Waals surface area contributed by atoms with Gasteiger partial charge in [-0.15, -0.1) is 0 Å². The van der Waals surface area contributed by atoms with Crippen LogP contribution in [0.1, 0.15) is 23.0 Å². The Kier molecular flexibility index (Phi) is 4.79. The summed E-state index contributed by atoms with van der Waals surface area (Å²) in [5, 5.41) is 5.96. The number of hydrogen-bond acceptors (Lipinski definition) is 3. The summed E-state index contributed by atoms with van der Waals surface area (Å²) in [7, 11) is 0. The Bertz CT molecular complexity index is 584. The standard InChI is InChI=1S/C15H16FN3O/c1-2-17-9-11-4-3-5-13(8-11)19-15(20)14-7-6-12(16)10-18-14/h3-8,10,17H,2,9H2,1H3,(H,19,20). The third kappa shape index (κ3) is 3.86. The maximum atomic E-state index is 12.7. The summed E-state index contributed by atoms with van der Waals surface area (Å²) in [6, 6.07) is 10.1. The molecular weight excluding hydrogens is 257 g/mol. The molecule has 1 aromatic heterocycles. The molecular formula is C15H16FN3O. The number of carbonyl (C=O) groups excluding carboxylic acids is 1. The molecule has 0 aliphatic rings. The number of nitrogens with one attached hydrogen (secondary N) is 2. The number of aromatic nitrogens is 1. The zero-order valence-corrected chi connectivity index (χ0v) is 11.2. The predicted octanol–water partition coefficient (Wildman–Crippen LogP) is 2.58. The number of amides is 1. The van der Waals surface area contributed by atoms with Gasteiger partial charge in [-0.05, 0) is 36.4 Å². The Morgan fingerprint density at radius 3 is 2.85 bits per heavy atom. The molecule has 0 saturated carbocycles. The maximum absolute atomic E-state index is 12.7. The number of halogens is 1. The second-order valence-corrected chi connectivity index (χ2v) is 4.30. The van der Waals surface area contributed by atoms with Crippen LogP contribution in [-0.4, -0.2) is 17.4 Å². The summed E-state index contributed by atoms with van der Waals surface area (Å²) in [6.45, 7) is 3.66. The molecule has 0 aliphatic heterocycles. The Balaban J connectivity index is 2.05. The van der Waals surface area contributed by atoms with Crippen molar-refractivity contribution in [3.8, 4) is 0 Å². The predicted molar refractivity (Wildman–Crippen MR) is 76.0 cm³/mol. The fourth-order valence-corrected chi connectivity index (χ4v) is 1.73. The lowest BCUT2D eigenvalue weighted by Crippen LogP contribution is -2.15. The van der Waals surface area contributed by atoms with Crippen LogP contribution in [0.4, 0.5) is 10.1 Å². The monoisotopic (exact) mass is 273 g/mol. The van der Waals surface area contributed by atoms with Crippen LogP contribution in [0.2, 0.25) is 0 Å². The highest BCUT2D eigenvalue weighted by Crippen LogP contribution is 2.12. The summed E-state index contributed by atoms with van der Waals surface area (Å²) in [5.74, 6) is -0.820. The van der Waals surface area contributed by atoms with Crippen LogP contribution >= 0.6 is 0 Å². The van der Waals surface area contributed by atoms with E-state index >= 15 is 0 Å². The van der Waals surface area contributed by atoms with Crippen LogP contribution in [-0.2, 0) is 6.54 Å². The van der Waals surface area contributed by atoms with E-state index in [-0.39, 0.29) is 11.6 Å². The molecule has 0 radical (unpaired) electrons. The molecule has 0 fully saturated rings. The smallest absolute Gasteiger partial charge is 0.274 e. The second-order valence-electron chi connectivity index (χ2n) is 4.30. The van der Waals surface area contributed by atoms with Gasteiger partial charge in [-0.2, -0.15) is 0 Å². The van der Waals surface area contributed by atoms with Gasteiger partial charge in [0.1, 0.15) is 11.5 Å². The highest BCUT2D eigenvalue weighted by atomic mass is 19.1. The van der Waals surface area contributed by atoms with Crippen LogP contribution in [0.5, 0.6) is 0 Å². The van der Waals surface area contributed by atoms with Gasteiger partial charge in [-0.3, -0.25) is 4.79 Å². The lowest BCUT2D eigenvalue weighted by molar-refractivity contribution is 0.102. The van der Waals surface area contributed by atoms with Gasteiger partial charge in [0.05, 0.1) is 6.20 Å². The van der Waals surface area contributed by atoms with E-state index in [1.165, 1.54) is 12.1 Å². The zero-order valence-electron chi connectivity index (χ0n) is 11.2. The number of benzene rings is 1. The van der Waals surface area contributed by atoms with Crippen molar-refractivity contribution in [1.82, 2.24) is 10.3 Å². The van der Waals surface area contributed by atoms with Crippen LogP contribution < -0.4 is 10.6 Å². The highest BCUT2D eigenvalue weighted by molar-refractivity contribution is 6.02. The number of nitrogens with zero attached hydrogens (tertiary/aromatic N) is 1. The minimum absolute atomic E-state index is 0.184. The van der Waals surface area contributed by atoms with Gasteiger partial charge in [-0.25, -0.2) is 9.37 Å². The Morgan fingerprint density at radius 1 is 1.30 bits per heavy atom. The van der Waals surface area contributed by atoms with E-state index in [2.05, 4.69) is 15.6 Å². The molecule has 1 amide bonds. The van der Waals surface area contributed by atoms with E-state index in [1.54, 1.807) is 6.07 Å². The molecule has 0 atom stereocenters. The SMILES string of the molecule is CCNCc1cccc(NC(=O)c2ccc(F)cn2)c1. The van der Waals surface area contributed by atoms with Crippen molar-refractivity contribution in [1.29, 1.82) is 0 Å². The van der Waals surface area contributed by atoms with Crippen molar-refractivity contribution in [2.75, 3.05) is 11.9 Å². The van der Waals surface area contributed by atoms with Crippen LogP contribution in [0.25, 0.3) is 0 Å². The first kappa shape index (κ1) is 14.1.